The summed E-state index contributed by atoms with van der Waals surface area (Å²) in [5.41, 5.74) is 1.16. The monoisotopic (exact) mass is 233 g/mol. The third kappa shape index (κ3) is 2.33. The number of H-pyrrole nitrogens is 1. The molecule has 0 bridgehead atoms. The van der Waals surface area contributed by atoms with Crippen molar-refractivity contribution in [2.75, 3.05) is 6.54 Å². The molecule has 1 saturated carbocycles. The Balaban J connectivity index is 1.59. The van der Waals surface area contributed by atoms with E-state index >= 15 is 0 Å². The molecule has 1 fully saturated rings. The van der Waals surface area contributed by atoms with E-state index in [1.807, 2.05) is 18.5 Å². The van der Waals surface area contributed by atoms with Crippen molar-refractivity contribution < 1.29 is 0 Å². The van der Waals surface area contributed by atoms with E-state index in [0.717, 1.165) is 24.7 Å². The highest BCUT2D eigenvalue weighted by Gasteiger charge is 2.20. The van der Waals surface area contributed by atoms with Crippen LogP contribution in [-0.4, -0.2) is 16.5 Å². The average molecular weight is 233 g/mol. The summed E-state index contributed by atoms with van der Waals surface area (Å²) < 4.78 is 0. The van der Waals surface area contributed by atoms with Gasteiger partial charge in [0.2, 0.25) is 0 Å². The van der Waals surface area contributed by atoms with Crippen molar-refractivity contribution in [3.8, 4) is 10.6 Å². The van der Waals surface area contributed by atoms with Gasteiger partial charge in [0.1, 0.15) is 5.01 Å². The lowest BCUT2D eigenvalue weighted by Gasteiger charge is -1.98. The fourth-order valence-corrected chi connectivity index (χ4v) is 2.58. The molecule has 2 aromatic heterocycles. The normalized spacial score (nSPS) is 15.5. The van der Waals surface area contributed by atoms with Crippen LogP contribution in [0.15, 0.2) is 24.5 Å². The summed E-state index contributed by atoms with van der Waals surface area (Å²) in [5, 5.41) is 4.63. The van der Waals surface area contributed by atoms with Gasteiger partial charge in [-0.15, -0.1) is 11.3 Å². The quantitative estimate of drug-likeness (QED) is 0.833. The standard InChI is InChI=1S/C12H15N3S/c1-2-10(14-5-1)11-7-15-12(16-11)8-13-6-9-3-4-9/h1-2,5,7,9,13-14H,3-4,6,8H2. The highest BCUT2D eigenvalue weighted by atomic mass is 32.1. The molecule has 2 aromatic rings. The number of rotatable bonds is 5. The van der Waals surface area contributed by atoms with E-state index in [-0.39, 0.29) is 0 Å². The predicted molar refractivity (Wildman–Crippen MR) is 66.3 cm³/mol. The first-order valence-corrected chi connectivity index (χ1v) is 6.52. The first kappa shape index (κ1) is 10.1. The zero-order valence-electron chi connectivity index (χ0n) is 9.07. The Kier molecular flexibility index (Phi) is 2.76. The smallest absolute Gasteiger partial charge is 0.107 e. The van der Waals surface area contributed by atoms with E-state index in [0.29, 0.717) is 0 Å². The number of thiazole rings is 1. The summed E-state index contributed by atoms with van der Waals surface area (Å²) in [6.45, 7) is 2.05. The molecule has 0 aliphatic heterocycles. The topological polar surface area (TPSA) is 40.7 Å². The maximum atomic E-state index is 4.43. The number of nitrogens with one attached hydrogen (secondary N) is 2. The molecule has 0 radical (unpaired) electrons. The van der Waals surface area contributed by atoms with Crippen molar-refractivity contribution in [3.05, 3.63) is 29.5 Å². The van der Waals surface area contributed by atoms with Gasteiger partial charge < -0.3 is 10.3 Å². The minimum absolute atomic E-state index is 0.905. The summed E-state index contributed by atoms with van der Waals surface area (Å²) in [5.74, 6) is 0.933. The zero-order chi connectivity index (χ0) is 10.8. The number of hydrogen-bond acceptors (Lipinski definition) is 3. The van der Waals surface area contributed by atoms with Gasteiger partial charge in [-0.2, -0.15) is 0 Å². The second-order valence-electron chi connectivity index (χ2n) is 4.28. The molecular weight excluding hydrogens is 218 g/mol. The Morgan fingerprint density at radius 3 is 3.19 bits per heavy atom. The Morgan fingerprint density at radius 1 is 1.50 bits per heavy atom. The van der Waals surface area contributed by atoms with E-state index in [9.17, 15) is 0 Å². The lowest BCUT2D eigenvalue weighted by atomic mass is 10.4. The Morgan fingerprint density at radius 2 is 2.44 bits per heavy atom. The van der Waals surface area contributed by atoms with Crippen molar-refractivity contribution in [1.82, 2.24) is 15.3 Å². The van der Waals surface area contributed by atoms with Crippen LogP contribution in [0.3, 0.4) is 0 Å². The third-order valence-corrected chi connectivity index (χ3v) is 3.85. The number of aromatic amines is 1. The minimum Gasteiger partial charge on any atom is -0.360 e. The maximum Gasteiger partial charge on any atom is 0.107 e. The van der Waals surface area contributed by atoms with Crippen LogP contribution in [-0.2, 0) is 6.54 Å². The van der Waals surface area contributed by atoms with Crippen LogP contribution in [0.2, 0.25) is 0 Å². The molecular formula is C12H15N3S. The Labute approximate surface area is 98.9 Å². The minimum atomic E-state index is 0.905. The molecule has 1 aliphatic rings. The highest BCUT2D eigenvalue weighted by Crippen LogP contribution is 2.28. The molecule has 3 rings (SSSR count). The van der Waals surface area contributed by atoms with Crippen molar-refractivity contribution >= 4 is 11.3 Å². The molecule has 4 heteroatoms. The van der Waals surface area contributed by atoms with Gasteiger partial charge in [0.05, 0.1) is 10.6 Å². The van der Waals surface area contributed by atoms with E-state index in [4.69, 9.17) is 0 Å². The molecule has 16 heavy (non-hydrogen) atoms. The summed E-state index contributed by atoms with van der Waals surface area (Å²) in [6.07, 6.45) is 6.70. The van der Waals surface area contributed by atoms with Crippen LogP contribution < -0.4 is 5.32 Å². The SMILES string of the molecule is c1c[nH]c(-c2cnc(CNCC3CC3)s2)c1. The highest BCUT2D eigenvalue weighted by molar-refractivity contribution is 7.15. The third-order valence-electron chi connectivity index (χ3n) is 2.82. The fourth-order valence-electron chi connectivity index (χ4n) is 1.71. The van der Waals surface area contributed by atoms with E-state index in [1.54, 1.807) is 11.3 Å². The second kappa shape index (κ2) is 4.39. The first-order valence-electron chi connectivity index (χ1n) is 5.71. The van der Waals surface area contributed by atoms with Gasteiger partial charge in [-0.3, -0.25) is 0 Å². The van der Waals surface area contributed by atoms with Gasteiger partial charge in [-0.1, -0.05) is 0 Å². The number of hydrogen-bond donors (Lipinski definition) is 2. The van der Waals surface area contributed by atoms with Crippen LogP contribution in [0.1, 0.15) is 17.8 Å². The van der Waals surface area contributed by atoms with Gasteiger partial charge in [0, 0.05) is 18.9 Å². The Bertz CT molecular complexity index is 443. The van der Waals surface area contributed by atoms with E-state index in [1.165, 1.54) is 22.7 Å². The molecule has 0 spiro atoms. The largest absolute Gasteiger partial charge is 0.360 e. The van der Waals surface area contributed by atoms with Gasteiger partial charge in [-0.25, -0.2) is 4.98 Å². The molecule has 2 N–H and O–H groups in total. The number of aromatic nitrogens is 2. The second-order valence-corrected chi connectivity index (χ2v) is 5.39. The molecule has 0 unspecified atom stereocenters. The molecule has 0 saturated heterocycles. The van der Waals surface area contributed by atoms with Gasteiger partial charge >= 0.3 is 0 Å². The zero-order valence-corrected chi connectivity index (χ0v) is 9.89. The summed E-state index contributed by atoms with van der Waals surface area (Å²) >= 11 is 1.76. The summed E-state index contributed by atoms with van der Waals surface area (Å²) in [4.78, 5) is 8.84. The summed E-state index contributed by atoms with van der Waals surface area (Å²) in [7, 11) is 0. The number of nitrogens with zero attached hydrogens (tertiary/aromatic N) is 1. The van der Waals surface area contributed by atoms with Gasteiger partial charge in [-0.05, 0) is 37.4 Å². The van der Waals surface area contributed by atoms with E-state index in [2.05, 4.69) is 21.4 Å². The average Bonchev–Trinajstić information content (AvgIpc) is 2.83. The van der Waals surface area contributed by atoms with Crippen LogP contribution in [0.4, 0.5) is 0 Å². The van der Waals surface area contributed by atoms with Crippen molar-refractivity contribution in [3.63, 3.8) is 0 Å². The molecule has 1 aliphatic carbocycles. The molecule has 0 amide bonds. The molecule has 0 atom stereocenters. The van der Waals surface area contributed by atoms with Gasteiger partial charge in [0.15, 0.2) is 0 Å². The lowest BCUT2D eigenvalue weighted by Crippen LogP contribution is -2.15. The molecule has 3 nitrogen and oxygen atoms in total. The van der Waals surface area contributed by atoms with Crippen LogP contribution in [0.5, 0.6) is 0 Å². The van der Waals surface area contributed by atoms with Crippen LogP contribution >= 0.6 is 11.3 Å². The van der Waals surface area contributed by atoms with Gasteiger partial charge in [0.25, 0.3) is 0 Å². The van der Waals surface area contributed by atoms with Crippen LogP contribution in [0, 0.1) is 5.92 Å². The van der Waals surface area contributed by atoms with Crippen molar-refractivity contribution in [2.45, 2.75) is 19.4 Å². The first-order chi connectivity index (χ1) is 7.92. The van der Waals surface area contributed by atoms with Crippen molar-refractivity contribution in [1.29, 1.82) is 0 Å². The Hall–Kier alpha value is -1.13. The lowest BCUT2D eigenvalue weighted by molar-refractivity contribution is 0.637. The van der Waals surface area contributed by atoms with Crippen molar-refractivity contribution in [2.24, 2.45) is 5.92 Å². The molecule has 2 heterocycles. The van der Waals surface area contributed by atoms with E-state index < -0.39 is 0 Å². The van der Waals surface area contributed by atoms with Crippen LogP contribution in [0.25, 0.3) is 10.6 Å². The fraction of sp³-hybridized carbons (Fsp3) is 0.417. The molecule has 84 valence electrons. The maximum absolute atomic E-state index is 4.43. The molecule has 0 aromatic carbocycles. The summed E-state index contributed by atoms with van der Waals surface area (Å²) in [6, 6.07) is 4.09. The predicted octanol–water partition coefficient (Wildman–Crippen LogP) is 2.64.